The van der Waals surface area contributed by atoms with Crippen LogP contribution in [0.5, 0.6) is 5.75 Å². The molecule has 128 valence electrons. The first-order valence-corrected chi connectivity index (χ1v) is 8.02. The molecule has 0 bridgehead atoms. The Hall–Kier alpha value is -1.61. The molecular formula is C15H9Br2F4NO2. The lowest BCUT2D eigenvalue weighted by atomic mass is 10.1. The number of anilines is 1. The number of benzene rings is 2. The molecule has 0 saturated heterocycles. The van der Waals surface area contributed by atoms with Gasteiger partial charge in [-0.3, -0.25) is 4.79 Å². The van der Waals surface area contributed by atoms with Crippen molar-refractivity contribution in [1.29, 1.82) is 0 Å². The third-order valence-corrected chi connectivity index (χ3v) is 4.07. The van der Waals surface area contributed by atoms with E-state index in [9.17, 15) is 22.4 Å². The summed E-state index contributed by atoms with van der Waals surface area (Å²) in [5.41, 5.74) is 0.234. The Morgan fingerprint density at radius 3 is 2.50 bits per heavy atom. The molecule has 0 aliphatic carbocycles. The van der Waals surface area contributed by atoms with Crippen molar-refractivity contribution < 1.29 is 27.1 Å². The highest BCUT2D eigenvalue weighted by atomic mass is 79.9. The molecule has 1 N–H and O–H groups in total. The summed E-state index contributed by atoms with van der Waals surface area (Å²) in [5, 5.41) is 2.23. The molecule has 2 aromatic carbocycles. The van der Waals surface area contributed by atoms with Crippen molar-refractivity contribution in [2.24, 2.45) is 0 Å². The number of rotatable bonds is 4. The van der Waals surface area contributed by atoms with Gasteiger partial charge in [-0.1, -0.05) is 31.9 Å². The van der Waals surface area contributed by atoms with Gasteiger partial charge in [0.05, 0.1) is 12.1 Å². The number of carbonyl (C=O) groups excluding carboxylic acids is 1. The first-order valence-electron chi connectivity index (χ1n) is 6.43. The van der Waals surface area contributed by atoms with Gasteiger partial charge >= 0.3 is 6.36 Å². The molecule has 0 atom stereocenters. The van der Waals surface area contributed by atoms with Crippen molar-refractivity contribution >= 4 is 43.5 Å². The Labute approximate surface area is 151 Å². The van der Waals surface area contributed by atoms with Gasteiger partial charge in [-0.15, -0.1) is 13.2 Å². The van der Waals surface area contributed by atoms with E-state index in [0.717, 1.165) is 22.7 Å². The van der Waals surface area contributed by atoms with E-state index >= 15 is 0 Å². The van der Waals surface area contributed by atoms with Crippen LogP contribution in [-0.4, -0.2) is 12.3 Å². The van der Waals surface area contributed by atoms with Crippen LogP contribution in [0.2, 0.25) is 0 Å². The fourth-order valence-electron chi connectivity index (χ4n) is 1.84. The number of hydrogen-bond acceptors (Lipinski definition) is 2. The molecule has 0 radical (unpaired) electrons. The van der Waals surface area contributed by atoms with Crippen molar-refractivity contribution in [2.75, 3.05) is 5.32 Å². The highest BCUT2D eigenvalue weighted by Gasteiger charge is 2.31. The third kappa shape index (κ3) is 5.48. The van der Waals surface area contributed by atoms with Crippen molar-refractivity contribution in [3.05, 3.63) is 56.7 Å². The highest BCUT2D eigenvalue weighted by Crippen LogP contribution is 2.27. The molecule has 9 heteroatoms. The second kappa shape index (κ2) is 7.52. The summed E-state index contributed by atoms with van der Waals surface area (Å²) in [5.74, 6) is -2.08. The minimum absolute atomic E-state index is 0.0934. The quantitative estimate of drug-likeness (QED) is 0.605. The lowest BCUT2D eigenvalue weighted by Crippen LogP contribution is -2.18. The number of amides is 1. The number of ether oxygens (including phenoxy) is 1. The Balaban J connectivity index is 2.13. The zero-order chi connectivity index (χ0) is 17.9. The molecule has 0 aromatic heterocycles. The van der Waals surface area contributed by atoms with E-state index in [1.807, 2.05) is 0 Å². The molecular weight excluding hydrogens is 462 g/mol. The van der Waals surface area contributed by atoms with E-state index in [-0.39, 0.29) is 6.42 Å². The second-order valence-electron chi connectivity index (χ2n) is 4.65. The zero-order valence-electron chi connectivity index (χ0n) is 11.8. The summed E-state index contributed by atoms with van der Waals surface area (Å²) >= 11 is 6.55. The third-order valence-electron chi connectivity index (χ3n) is 2.80. The van der Waals surface area contributed by atoms with Crippen LogP contribution >= 0.6 is 31.9 Å². The lowest BCUT2D eigenvalue weighted by molar-refractivity contribution is -0.274. The maximum absolute atomic E-state index is 13.7. The van der Waals surface area contributed by atoms with Crippen LogP contribution in [0.1, 0.15) is 5.56 Å². The van der Waals surface area contributed by atoms with Gasteiger partial charge in [0.15, 0.2) is 0 Å². The molecule has 0 heterocycles. The number of nitrogens with one attached hydrogen (secondary N) is 1. The summed E-state index contributed by atoms with van der Waals surface area (Å²) in [7, 11) is 0. The van der Waals surface area contributed by atoms with Crippen LogP contribution in [0.3, 0.4) is 0 Å². The lowest BCUT2D eigenvalue weighted by Gasteiger charge is -2.12. The number of carbonyl (C=O) groups is 1. The van der Waals surface area contributed by atoms with Gasteiger partial charge in [0.2, 0.25) is 5.91 Å². The number of alkyl halides is 3. The van der Waals surface area contributed by atoms with Crippen molar-refractivity contribution in [3.8, 4) is 5.75 Å². The van der Waals surface area contributed by atoms with E-state index in [2.05, 4.69) is 41.9 Å². The molecule has 0 saturated carbocycles. The first-order chi connectivity index (χ1) is 11.1. The molecule has 0 fully saturated rings. The largest absolute Gasteiger partial charge is 0.573 e. The summed E-state index contributed by atoms with van der Waals surface area (Å²) in [6.45, 7) is 0. The van der Waals surface area contributed by atoms with E-state index < -0.39 is 29.5 Å². The fraction of sp³-hybridized carbons (Fsp3) is 0.133. The van der Waals surface area contributed by atoms with Crippen molar-refractivity contribution in [2.45, 2.75) is 12.8 Å². The van der Waals surface area contributed by atoms with Gasteiger partial charge < -0.3 is 10.1 Å². The summed E-state index contributed by atoms with van der Waals surface area (Å²) in [6, 6.07) is 7.57. The highest BCUT2D eigenvalue weighted by molar-refractivity contribution is 9.11. The van der Waals surface area contributed by atoms with E-state index in [1.54, 1.807) is 18.2 Å². The van der Waals surface area contributed by atoms with E-state index in [4.69, 9.17) is 0 Å². The second-order valence-corrected chi connectivity index (χ2v) is 6.42. The minimum Gasteiger partial charge on any atom is -0.406 e. The van der Waals surface area contributed by atoms with Gasteiger partial charge in [-0.25, -0.2) is 4.39 Å². The monoisotopic (exact) mass is 469 g/mol. The summed E-state index contributed by atoms with van der Waals surface area (Å²) in [4.78, 5) is 12.0. The van der Waals surface area contributed by atoms with Crippen molar-refractivity contribution in [1.82, 2.24) is 0 Å². The standard InChI is InChI=1S/C15H9Br2F4NO2/c16-9-1-3-11(17)8(5-9)6-14(23)22-13-7-10(2-4-12(13)18)24-15(19,20)21/h1-5,7H,6H2,(H,22,23). The maximum Gasteiger partial charge on any atom is 0.573 e. The summed E-state index contributed by atoms with van der Waals surface area (Å²) in [6.07, 6.45) is -5.00. The molecule has 2 aromatic rings. The van der Waals surface area contributed by atoms with Crippen LogP contribution in [0.4, 0.5) is 23.2 Å². The van der Waals surface area contributed by atoms with Gasteiger partial charge in [0, 0.05) is 15.0 Å². The minimum atomic E-state index is -4.90. The van der Waals surface area contributed by atoms with Crippen LogP contribution in [0, 0.1) is 5.82 Å². The molecule has 0 unspecified atom stereocenters. The van der Waals surface area contributed by atoms with Crippen LogP contribution in [0.15, 0.2) is 45.3 Å². The van der Waals surface area contributed by atoms with E-state index in [0.29, 0.717) is 10.0 Å². The maximum atomic E-state index is 13.7. The zero-order valence-corrected chi connectivity index (χ0v) is 14.9. The van der Waals surface area contributed by atoms with Crippen LogP contribution in [-0.2, 0) is 11.2 Å². The van der Waals surface area contributed by atoms with Gasteiger partial charge in [-0.05, 0) is 35.9 Å². The Morgan fingerprint density at radius 2 is 1.83 bits per heavy atom. The predicted molar refractivity (Wildman–Crippen MR) is 87.3 cm³/mol. The first kappa shape index (κ1) is 18.7. The molecule has 0 aliphatic rings. The molecule has 0 aliphatic heterocycles. The average molecular weight is 471 g/mol. The summed E-state index contributed by atoms with van der Waals surface area (Å²) < 4.78 is 55.4. The molecule has 24 heavy (non-hydrogen) atoms. The predicted octanol–water partition coefficient (Wildman–Crippen LogP) is 5.43. The van der Waals surface area contributed by atoms with Gasteiger partial charge in [0.1, 0.15) is 11.6 Å². The molecule has 1 amide bonds. The number of hydrogen-bond donors (Lipinski definition) is 1. The molecule has 3 nitrogen and oxygen atoms in total. The van der Waals surface area contributed by atoms with Gasteiger partial charge in [-0.2, -0.15) is 0 Å². The normalized spacial score (nSPS) is 11.2. The van der Waals surface area contributed by atoms with Crippen LogP contribution in [0.25, 0.3) is 0 Å². The Kier molecular flexibility index (Phi) is 5.87. The van der Waals surface area contributed by atoms with Crippen molar-refractivity contribution in [3.63, 3.8) is 0 Å². The molecule has 0 spiro atoms. The van der Waals surface area contributed by atoms with Gasteiger partial charge in [0.25, 0.3) is 0 Å². The fourth-order valence-corrected chi connectivity index (χ4v) is 2.64. The Bertz CT molecular complexity index is 766. The topological polar surface area (TPSA) is 38.3 Å². The average Bonchev–Trinajstić information content (AvgIpc) is 2.45. The van der Waals surface area contributed by atoms with Crippen LogP contribution < -0.4 is 10.1 Å². The number of halogens is 6. The molecule has 2 rings (SSSR count). The SMILES string of the molecule is O=C(Cc1cc(Br)ccc1Br)Nc1cc(OC(F)(F)F)ccc1F. The van der Waals surface area contributed by atoms with E-state index in [1.165, 1.54) is 0 Å². The Morgan fingerprint density at radius 1 is 1.12 bits per heavy atom. The smallest absolute Gasteiger partial charge is 0.406 e.